The van der Waals surface area contributed by atoms with Crippen molar-refractivity contribution in [3.63, 3.8) is 0 Å². The number of anilines is 1. The molecule has 108 valence electrons. The van der Waals surface area contributed by atoms with Gasteiger partial charge in [0, 0.05) is 42.9 Å². The molecular formula is C15H20ClN3O. The predicted octanol–water partition coefficient (Wildman–Crippen LogP) is 2.64. The molecule has 2 fully saturated rings. The van der Waals surface area contributed by atoms with Gasteiger partial charge in [-0.25, -0.2) is 4.79 Å². The van der Waals surface area contributed by atoms with E-state index in [0.29, 0.717) is 6.04 Å². The van der Waals surface area contributed by atoms with Crippen molar-refractivity contribution in [2.75, 3.05) is 31.1 Å². The van der Waals surface area contributed by atoms with Crippen LogP contribution in [0.25, 0.3) is 0 Å². The maximum atomic E-state index is 12.0. The first kappa shape index (κ1) is 13.6. The summed E-state index contributed by atoms with van der Waals surface area (Å²) >= 11 is 6.08. The van der Waals surface area contributed by atoms with E-state index in [1.807, 2.05) is 23.1 Å². The van der Waals surface area contributed by atoms with Crippen molar-refractivity contribution >= 4 is 23.3 Å². The molecule has 3 rings (SSSR count). The summed E-state index contributed by atoms with van der Waals surface area (Å²) in [4.78, 5) is 16.2. The molecule has 1 aliphatic carbocycles. The van der Waals surface area contributed by atoms with Crippen LogP contribution in [-0.4, -0.2) is 43.2 Å². The van der Waals surface area contributed by atoms with Crippen molar-refractivity contribution < 1.29 is 4.79 Å². The number of hydrogen-bond donors (Lipinski definition) is 1. The van der Waals surface area contributed by atoms with E-state index in [1.165, 1.54) is 11.3 Å². The van der Waals surface area contributed by atoms with Crippen molar-refractivity contribution in [2.24, 2.45) is 0 Å². The quantitative estimate of drug-likeness (QED) is 0.910. The van der Waals surface area contributed by atoms with E-state index >= 15 is 0 Å². The molecule has 1 aliphatic heterocycles. The monoisotopic (exact) mass is 293 g/mol. The van der Waals surface area contributed by atoms with Crippen LogP contribution in [-0.2, 0) is 0 Å². The zero-order valence-electron chi connectivity index (χ0n) is 11.7. The van der Waals surface area contributed by atoms with Gasteiger partial charge in [-0.2, -0.15) is 0 Å². The minimum atomic E-state index is 0.0926. The summed E-state index contributed by atoms with van der Waals surface area (Å²) in [7, 11) is 0. The minimum Gasteiger partial charge on any atom is -0.368 e. The van der Waals surface area contributed by atoms with E-state index < -0.39 is 0 Å². The van der Waals surface area contributed by atoms with Crippen molar-refractivity contribution in [1.82, 2.24) is 10.2 Å². The van der Waals surface area contributed by atoms with E-state index in [9.17, 15) is 4.79 Å². The molecular weight excluding hydrogens is 274 g/mol. The number of benzene rings is 1. The first-order chi connectivity index (χ1) is 9.63. The van der Waals surface area contributed by atoms with Crippen LogP contribution in [0.5, 0.6) is 0 Å². The molecule has 5 heteroatoms. The van der Waals surface area contributed by atoms with Gasteiger partial charge in [0.05, 0.1) is 0 Å². The molecule has 0 aromatic heterocycles. The molecule has 0 atom stereocenters. The number of halogens is 1. The Morgan fingerprint density at radius 2 is 1.95 bits per heavy atom. The number of nitrogens with one attached hydrogen (secondary N) is 1. The van der Waals surface area contributed by atoms with E-state index in [1.54, 1.807) is 0 Å². The van der Waals surface area contributed by atoms with Gasteiger partial charge < -0.3 is 15.1 Å². The van der Waals surface area contributed by atoms with Gasteiger partial charge >= 0.3 is 6.03 Å². The van der Waals surface area contributed by atoms with Crippen LogP contribution < -0.4 is 10.2 Å². The molecule has 1 saturated carbocycles. The molecule has 0 radical (unpaired) electrons. The van der Waals surface area contributed by atoms with Gasteiger partial charge in [-0.05, 0) is 37.5 Å². The van der Waals surface area contributed by atoms with Gasteiger partial charge in [0.25, 0.3) is 0 Å². The van der Waals surface area contributed by atoms with Crippen LogP contribution in [0, 0.1) is 6.92 Å². The molecule has 2 amide bonds. The second kappa shape index (κ2) is 5.52. The van der Waals surface area contributed by atoms with Crippen molar-refractivity contribution in [3.8, 4) is 0 Å². The lowest BCUT2D eigenvalue weighted by atomic mass is 10.1. The Bertz CT molecular complexity index is 508. The first-order valence-electron chi connectivity index (χ1n) is 7.20. The number of carbonyl (C=O) groups excluding carboxylic acids is 1. The highest BCUT2D eigenvalue weighted by atomic mass is 35.5. The number of nitrogens with zero attached hydrogens (tertiary/aromatic N) is 2. The molecule has 4 nitrogen and oxygen atoms in total. The Labute approximate surface area is 124 Å². The number of amides is 2. The fourth-order valence-electron chi connectivity index (χ4n) is 2.57. The number of aryl methyl sites for hydroxylation is 1. The summed E-state index contributed by atoms with van der Waals surface area (Å²) < 4.78 is 0. The molecule has 2 aliphatic rings. The van der Waals surface area contributed by atoms with Crippen LogP contribution in [0.2, 0.25) is 5.02 Å². The van der Waals surface area contributed by atoms with E-state index in [4.69, 9.17) is 11.6 Å². The van der Waals surface area contributed by atoms with Gasteiger partial charge in [-0.3, -0.25) is 0 Å². The van der Waals surface area contributed by atoms with Gasteiger partial charge in [-0.1, -0.05) is 17.7 Å². The Balaban J connectivity index is 1.60. The molecule has 20 heavy (non-hydrogen) atoms. The standard InChI is InChI=1S/C15H20ClN3O/c1-11-2-3-12(16)10-14(11)18-6-8-19(9-7-18)15(20)17-13-4-5-13/h2-3,10,13H,4-9H2,1H3,(H,17,20). The summed E-state index contributed by atoms with van der Waals surface area (Å²) in [6, 6.07) is 6.49. The Morgan fingerprint density at radius 3 is 2.60 bits per heavy atom. The fraction of sp³-hybridized carbons (Fsp3) is 0.533. The second-order valence-electron chi connectivity index (χ2n) is 5.63. The van der Waals surface area contributed by atoms with Crippen LogP contribution in [0.15, 0.2) is 18.2 Å². The van der Waals surface area contributed by atoms with Crippen molar-refractivity contribution in [1.29, 1.82) is 0 Å². The lowest BCUT2D eigenvalue weighted by Gasteiger charge is -2.36. The summed E-state index contributed by atoms with van der Waals surface area (Å²) in [6.45, 7) is 5.35. The predicted molar refractivity (Wildman–Crippen MR) is 81.5 cm³/mol. The highest BCUT2D eigenvalue weighted by Crippen LogP contribution is 2.25. The molecule has 1 saturated heterocycles. The summed E-state index contributed by atoms with van der Waals surface area (Å²) in [5.74, 6) is 0. The van der Waals surface area contributed by atoms with E-state index in [-0.39, 0.29) is 6.03 Å². The van der Waals surface area contributed by atoms with E-state index in [2.05, 4.69) is 17.1 Å². The number of urea groups is 1. The second-order valence-corrected chi connectivity index (χ2v) is 6.07. The molecule has 1 aromatic carbocycles. The van der Waals surface area contributed by atoms with E-state index in [0.717, 1.165) is 44.0 Å². The zero-order valence-corrected chi connectivity index (χ0v) is 12.5. The molecule has 1 aromatic rings. The Hall–Kier alpha value is -1.42. The smallest absolute Gasteiger partial charge is 0.317 e. The average Bonchev–Trinajstić information content (AvgIpc) is 3.26. The molecule has 1 N–H and O–H groups in total. The van der Waals surface area contributed by atoms with Gasteiger partial charge in [0.15, 0.2) is 0 Å². The first-order valence-corrected chi connectivity index (χ1v) is 7.58. The number of piperazine rings is 1. The summed E-state index contributed by atoms with van der Waals surface area (Å²) in [5, 5.41) is 3.81. The van der Waals surface area contributed by atoms with Crippen LogP contribution in [0.1, 0.15) is 18.4 Å². The van der Waals surface area contributed by atoms with Crippen LogP contribution >= 0.6 is 11.6 Å². The number of hydrogen-bond acceptors (Lipinski definition) is 2. The highest BCUT2D eigenvalue weighted by molar-refractivity contribution is 6.30. The van der Waals surface area contributed by atoms with Crippen LogP contribution in [0.3, 0.4) is 0 Å². The van der Waals surface area contributed by atoms with Gasteiger partial charge in [-0.15, -0.1) is 0 Å². The molecule has 0 unspecified atom stereocenters. The van der Waals surface area contributed by atoms with Crippen molar-refractivity contribution in [2.45, 2.75) is 25.8 Å². The molecule has 0 spiro atoms. The lowest BCUT2D eigenvalue weighted by Crippen LogP contribution is -2.52. The Morgan fingerprint density at radius 1 is 1.25 bits per heavy atom. The maximum absolute atomic E-state index is 12.0. The SMILES string of the molecule is Cc1ccc(Cl)cc1N1CCN(C(=O)NC2CC2)CC1. The van der Waals surface area contributed by atoms with Gasteiger partial charge in [0.2, 0.25) is 0 Å². The lowest BCUT2D eigenvalue weighted by molar-refractivity contribution is 0.194. The number of rotatable bonds is 2. The molecule has 1 heterocycles. The van der Waals surface area contributed by atoms with Crippen molar-refractivity contribution in [3.05, 3.63) is 28.8 Å². The zero-order chi connectivity index (χ0) is 14.1. The minimum absolute atomic E-state index is 0.0926. The Kier molecular flexibility index (Phi) is 3.74. The fourth-order valence-corrected chi connectivity index (χ4v) is 2.73. The van der Waals surface area contributed by atoms with Gasteiger partial charge in [0.1, 0.15) is 0 Å². The third-order valence-corrected chi connectivity index (χ3v) is 4.22. The van der Waals surface area contributed by atoms with Crippen LogP contribution in [0.4, 0.5) is 10.5 Å². The largest absolute Gasteiger partial charge is 0.368 e. The average molecular weight is 294 g/mol. The summed E-state index contributed by atoms with van der Waals surface area (Å²) in [6.07, 6.45) is 2.26. The normalized spacial score (nSPS) is 19.1. The summed E-state index contributed by atoms with van der Waals surface area (Å²) in [5.41, 5.74) is 2.41. The maximum Gasteiger partial charge on any atom is 0.317 e. The third kappa shape index (κ3) is 3.01. The number of carbonyl (C=O) groups is 1. The highest BCUT2D eigenvalue weighted by Gasteiger charge is 2.28. The molecule has 0 bridgehead atoms. The topological polar surface area (TPSA) is 35.6 Å². The third-order valence-electron chi connectivity index (χ3n) is 3.98.